The average Bonchev–Trinajstić information content (AvgIpc) is 2.39. The molecule has 0 unspecified atom stereocenters. The highest BCUT2D eigenvalue weighted by Crippen LogP contribution is 2.38. The van der Waals surface area contributed by atoms with Crippen molar-refractivity contribution in [3.63, 3.8) is 0 Å². The van der Waals surface area contributed by atoms with Gasteiger partial charge in [-0.25, -0.2) is 0 Å². The van der Waals surface area contributed by atoms with Crippen molar-refractivity contribution in [1.82, 2.24) is 0 Å². The van der Waals surface area contributed by atoms with Crippen LogP contribution in [0, 0.1) is 5.92 Å². The van der Waals surface area contributed by atoms with Crippen LogP contribution < -0.4 is 0 Å². The van der Waals surface area contributed by atoms with Gasteiger partial charge in [-0.05, 0) is 43.1 Å². The fourth-order valence-electron chi connectivity index (χ4n) is 3.15. The lowest BCUT2D eigenvalue weighted by molar-refractivity contribution is 0.108. The highest BCUT2D eigenvalue weighted by atomic mass is 32.1. The number of hydrogen-bond donors (Lipinski definition) is 1. The van der Waals surface area contributed by atoms with Gasteiger partial charge in [-0.15, -0.1) is 12.6 Å². The van der Waals surface area contributed by atoms with Gasteiger partial charge in [0.25, 0.3) is 0 Å². The first-order chi connectivity index (χ1) is 9.00. The monoisotopic (exact) mass is 284 g/mol. The summed E-state index contributed by atoms with van der Waals surface area (Å²) in [4.78, 5) is 0. The molecule has 3 heteroatoms. The summed E-state index contributed by atoms with van der Waals surface area (Å²) in [5.74, 6) is 1.43. The summed E-state index contributed by atoms with van der Waals surface area (Å²) in [7, 11) is 0. The van der Waals surface area contributed by atoms with E-state index < -0.39 is 5.25 Å². The predicted octanol–water partition coefficient (Wildman–Crippen LogP) is 5.74. The maximum absolute atomic E-state index is 13.0. The van der Waals surface area contributed by atoms with Crippen molar-refractivity contribution in [2.24, 2.45) is 5.92 Å². The lowest BCUT2D eigenvalue weighted by Gasteiger charge is -2.28. The molecule has 0 saturated heterocycles. The van der Waals surface area contributed by atoms with E-state index in [-0.39, 0.29) is 5.56 Å². The third kappa shape index (κ3) is 3.95. The van der Waals surface area contributed by atoms with Gasteiger partial charge >= 0.3 is 5.25 Å². The van der Waals surface area contributed by atoms with E-state index in [2.05, 4.69) is 19.6 Å². The van der Waals surface area contributed by atoms with E-state index in [1.165, 1.54) is 56.2 Å². The molecule has 0 aromatic heterocycles. The molecular formula is C16H22F2S. The molecule has 0 spiro atoms. The van der Waals surface area contributed by atoms with Gasteiger partial charge in [-0.2, -0.15) is 8.78 Å². The van der Waals surface area contributed by atoms with E-state index in [4.69, 9.17) is 0 Å². The summed E-state index contributed by atoms with van der Waals surface area (Å²) in [6.45, 7) is 2.24. The zero-order chi connectivity index (χ0) is 13.9. The van der Waals surface area contributed by atoms with Crippen LogP contribution in [0.2, 0.25) is 0 Å². The van der Waals surface area contributed by atoms with E-state index in [0.717, 1.165) is 5.92 Å². The Labute approximate surface area is 120 Å². The summed E-state index contributed by atoms with van der Waals surface area (Å²) in [6, 6.07) is 6.73. The summed E-state index contributed by atoms with van der Waals surface area (Å²) in [5.41, 5.74) is 1.19. The lowest BCUT2D eigenvalue weighted by Crippen LogP contribution is -2.13. The Hall–Kier alpha value is -0.570. The number of hydrogen-bond acceptors (Lipinski definition) is 1. The number of rotatable bonds is 4. The Balaban J connectivity index is 1.97. The van der Waals surface area contributed by atoms with Gasteiger partial charge in [0, 0.05) is 5.56 Å². The van der Waals surface area contributed by atoms with Crippen molar-refractivity contribution in [1.29, 1.82) is 0 Å². The molecule has 0 radical (unpaired) electrons. The molecule has 1 fully saturated rings. The molecule has 1 saturated carbocycles. The molecule has 0 atom stereocenters. The van der Waals surface area contributed by atoms with Crippen LogP contribution in [0.3, 0.4) is 0 Å². The van der Waals surface area contributed by atoms with Crippen LogP contribution in [0.25, 0.3) is 0 Å². The molecule has 19 heavy (non-hydrogen) atoms. The SMILES string of the molecule is CCCC1CCC(c2ccc(C(F)(F)S)cc2)CC1. The first kappa shape index (κ1) is 14.8. The molecule has 1 aromatic rings. The molecule has 1 aliphatic carbocycles. The third-order valence-electron chi connectivity index (χ3n) is 4.27. The molecule has 0 amide bonds. The van der Waals surface area contributed by atoms with E-state index in [0.29, 0.717) is 5.92 Å². The molecule has 2 rings (SSSR count). The van der Waals surface area contributed by atoms with Gasteiger partial charge in [0.05, 0.1) is 0 Å². The smallest absolute Gasteiger partial charge is 0.189 e. The number of halogens is 2. The maximum atomic E-state index is 13.0. The van der Waals surface area contributed by atoms with Crippen molar-refractivity contribution in [2.45, 2.75) is 56.6 Å². The topological polar surface area (TPSA) is 0 Å². The van der Waals surface area contributed by atoms with E-state index in [1.807, 2.05) is 12.1 Å². The van der Waals surface area contributed by atoms with Gasteiger partial charge in [0.1, 0.15) is 0 Å². The van der Waals surface area contributed by atoms with Crippen LogP contribution in [0.15, 0.2) is 24.3 Å². The van der Waals surface area contributed by atoms with Crippen molar-refractivity contribution >= 4 is 12.6 Å². The standard InChI is InChI=1S/C16H22F2S/c1-2-3-12-4-6-13(7-5-12)14-8-10-15(11-9-14)16(17,18)19/h8-13,19H,2-7H2,1H3. The molecule has 106 valence electrons. The van der Waals surface area contributed by atoms with Crippen LogP contribution in [0.1, 0.15) is 62.5 Å². The second kappa shape index (κ2) is 6.25. The minimum absolute atomic E-state index is 0.0146. The first-order valence-electron chi connectivity index (χ1n) is 7.21. The Kier molecular flexibility index (Phi) is 4.88. The summed E-state index contributed by atoms with van der Waals surface area (Å²) in [6.07, 6.45) is 7.55. The highest BCUT2D eigenvalue weighted by molar-refractivity contribution is 7.81. The van der Waals surface area contributed by atoms with Gasteiger partial charge in [-0.3, -0.25) is 0 Å². The largest absolute Gasteiger partial charge is 0.316 e. The quantitative estimate of drug-likeness (QED) is 0.670. The van der Waals surface area contributed by atoms with E-state index in [1.54, 1.807) is 0 Å². The average molecular weight is 284 g/mol. The third-order valence-corrected chi connectivity index (χ3v) is 4.53. The van der Waals surface area contributed by atoms with Gasteiger partial charge in [0.15, 0.2) is 0 Å². The van der Waals surface area contributed by atoms with Crippen LogP contribution in [-0.4, -0.2) is 0 Å². The van der Waals surface area contributed by atoms with Crippen LogP contribution in [0.5, 0.6) is 0 Å². The Morgan fingerprint density at radius 1 is 1.11 bits per heavy atom. The first-order valence-corrected chi connectivity index (χ1v) is 7.66. The van der Waals surface area contributed by atoms with E-state index >= 15 is 0 Å². The Bertz CT molecular complexity index is 386. The van der Waals surface area contributed by atoms with Crippen molar-refractivity contribution in [2.75, 3.05) is 0 Å². The van der Waals surface area contributed by atoms with Crippen LogP contribution in [-0.2, 0) is 5.25 Å². The highest BCUT2D eigenvalue weighted by Gasteiger charge is 2.26. The normalized spacial score (nSPS) is 24.4. The fraction of sp³-hybridized carbons (Fsp3) is 0.625. The molecule has 0 aliphatic heterocycles. The zero-order valence-electron chi connectivity index (χ0n) is 11.4. The van der Waals surface area contributed by atoms with Crippen molar-refractivity contribution < 1.29 is 8.78 Å². The number of alkyl halides is 2. The Morgan fingerprint density at radius 3 is 2.16 bits per heavy atom. The predicted molar refractivity (Wildman–Crippen MR) is 78.9 cm³/mol. The van der Waals surface area contributed by atoms with E-state index in [9.17, 15) is 8.78 Å². The lowest BCUT2D eigenvalue weighted by atomic mass is 9.77. The van der Waals surface area contributed by atoms with Gasteiger partial charge < -0.3 is 0 Å². The number of thiol groups is 1. The second-order valence-corrected chi connectivity index (χ2v) is 6.23. The minimum atomic E-state index is -3.03. The molecule has 1 aliphatic rings. The summed E-state index contributed by atoms with van der Waals surface area (Å²) in [5, 5.41) is -3.03. The molecule has 1 aromatic carbocycles. The van der Waals surface area contributed by atoms with Crippen molar-refractivity contribution in [3.05, 3.63) is 35.4 Å². The van der Waals surface area contributed by atoms with Crippen LogP contribution in [0.4, 0.5) is 8.78 Å². The Morgan fingerprint density at radius 2 is 1.68 bits per heavy atom. The molecular weight excluding hydrogens is 262 g/mol. The van der Waals surface area contributed by atoms with Crippen LogP contribution >= 0.6 is 12.6 Å². The molecule has 0 heterocycles. The molecule has 0 bridgehead atoms. The second-order valence-electron chi connectivity index (χ2n) is 5.67. The molecule has 0 nitrogen and oxygen atoms in total. The van der Waals surface area contributed by atoms with Gasteiger partial charge in [0.2, 0.25) is 0 Å². The van der Waals surface area contributed by atoms with Gasteiger partial charge in [-0.1, -0.05) is 44.0 Å². The van der Waals surface area contributed by atoms with Crippen molar-refractivity contribution in [3.8, 4) is 0 Å². The summed E-state index contributed by atoms with van der Waals surface area (Å²) < 4.78 is 26.1. The zero-order valence-corrected chi connectivity index (χ0v) is 12.3. The number of benzene rings is 1. The summed E-state index contributed by atoms with van der Waals surface area (Å²) >= 11 is 3.31. The fourth-order valence-corrected chi connectivity index (χ4v) is 3.30. The molecule has 0 N–H and O–H groups in total. The minimum Gasteiger partial charge on any atom is -0.189 e. The maximum Gasteiger partial charge on any atom is 0.316 e.